The van der Waals surface area contributed by atoms with Crippen molar-refractivity contribution in [2.24, 2.45) is 5.92 Å². The predicted octanol–water partition coefficient (Wildman–Crippen LogP) is 2.84. The summed E-state index contributed by atoms with van der Waals surface area (Å²) in [5.74, 6) is 0.263. The van der Waals surface area contributed by atoms with Gasteiger partial charge in [0.15, 0.2) is 0 Å². The molecule has 0 atom stereocenters. The summed E-state index contributed by atoms with van der Waals surface area (Å²) in [7, 11) is 0. The van der Waals surface area contributed by atoms with Gasteiger partial charge in [-0.1, -0.05) is 26.0 Å². The lowest BCUT2D eigenvalue weighted by Gasteiger charge is -2.09. The van der Waals surface area contributed by atoms with Crippen molar-refractivity contribution in [3.05, 3.63) is 35.9 Å². The second-order valence-electron chi connectivity index (χ2n) is 4.56. The van der Waals surface area contributed by atoms with Crippen molar-refractivity contribution in [2.75, 3.05) is 19.8 Å². The van der Waals surface area contributed by atoms with Gasteiger partial charge in [0.1, 0.15) is 12.4 Å². The Morgan fingerprint density at radius 3 is 2.84 bits per heavy atom. The van der Waals surface area contributed by atoms with E-state index in [0.717, 1.165) is 18.2 Å². The number of rotatable bonds is 8. The predicted molar refractivity (Wildman–Crippen MR) is 74.3 cm³/mol. The van der Waals surface area contributed by atoms with E-state index in [4.69, 9.17) is 14.6 Å². The Kier molecular flexibility index (Phi) is 6.68. The third-order valence-corrected chi connectivity index (χ3v) is 2.22. The van der Waals surface area contributed by atoms with Gasteiger partial charge in [0, 0.05) is 12.7 Å². The summed E-state index contributed by atoms with van der Waals surface area (Å²) < 4.78 is 10.9. The molecule has 104 valence electrons. The second kappa shape index (κ2) is 8.32. The standard InChI is InChI=1S/C15H20O4/c1-12(2)11-18-8-9-19-14-5-3-4-13(10-14)6-7-15(16)17/h3-7,10,12H,8-9,11H2,1-2H3,(H,16,17)/b7-6+. The number of hydrogen-bond acceptors (Lipinski definition) is 3. The van der Waals surface area contributed by atoms with Crippen LogP contribution in [-0.2, 0) is 9.53 Å². The quantitative estimate of drug-likeness (QED) is 0.579. The van der Waals surface area contributed by atoms with Crippen molar-refractivity contribution >= 4 is 12.0 Å². The molecule has 0 aliphatic rings. The number of carboxylic acids is 1. The maximum atomic E-state index is 10.4. The van der Waals surface area contributed by atoms with Crippen molar-refractivity contribution in [1.29, 1.82) is 0 Å². The molecule has 0 radical (unpaired) electrons. The van der Waals surface area contributed by atoms with Crippen LogP contribution in [0.4, 0.5) is 0 Å². The Hall–Kier alpha value is -1.81. The summed E-state index contributed by atoms with van der Waals surface area (Å²) in [4.78, 5) is 10.4. The van der Waals surface area contributed by atoms with Crippen LogP contribution in [0.25, 0.3) is 6.08 Å². The topological polar surface area (TPSA) is 55.8 Å². The zero-order valence-corrected chi connectivity index (χ0v) is 11.3. The monoisotopic (exact) mass is 264 g/mol. The van der Waals surface area contributed by atoms with Gasteiger partial charge < -0.3 is 14.6 Å². The van der Waals surface area contributed by atoms with Gasteiger partial charge in [0.2, 0.25) is 0 Å². The lowest BCUT2D eigenvalue weighted by atomic mass is 10.2. The molecule has 0 saturated heterocycles. The van der Waals surface area contributed by atoms with Crippen LogP contribution < -0.4 is 4.74 Å². The fourth-order valence-corrected chi connectivity index (χ4v) is 1.41. The summed E-state index contributed by atoms with van der Waals surface area (Å²) in [5.41, 5.74) is 0.794. The first-order valence-corrected chi connectivity index (χ1v) is 6.29. The number of carboxylic acid groups (broad SMARTS) is 1. The summed E-state index contributed by atoms with van der Waals surface area (Å²) in [5, 5.41) is 8.55. The smallest absolute Gasteiger partial charge is 0.328 e. The molecule has 0 aliphatic carbocycles. The third kappa shape index (κ3) is 7.26. The van der Waals surface area contributed by atoms with E-state index in [1.54, 1.807) is 6.07 Å². The highest BCUT2D eigenvalue weighted by Crippen LogP contribution is 2.14. The fourth-order valence-electron chi connectivity index (χ4n) is 1.41. The highest BCUT2D eigenvalue weighted by molar-refractivity contribution is 5.85. The van der Waals surface area contributed by atoms with Crippen LogP contribution in [0, 0.1) is 5.92 Å². The molecule has 4 nitrogen and oxygen atoms in total. The number of carbonyl (C=O) groups is 1. The lowest BCUT2D eigenvalue weighted by molar-refractivity contribution is -0.131. The Balaban J connectivity index is 2.38. The first kappa shape index (κ1) is 15.2. The van der Waals surface area contributed by atoms with E-state index < -0.39 is 5.97 Å². The van der Waals surface area contributed by atoms with Crippen LogP contribution in [0.2, 0.25) is 0 Å². The normalized spacial score (nSPS) is 11.1. The SMILES string of the molecule is CC(C)COCCOc1cccc(/C=C/C(=O)O)c1. The van der Waals surface area contributed by atoms with Crippen molar-refractivity contribution in [2.45, 2.75) is 13.8 Å². The fraction of sp³-hybridized carbons (Fsp3) is 0.400. The molecule has 0 fully saturated rings. The lowest BCUT2D eigenvalue weighted by Crippen LogP contribution is -2.10. The van der Waals surface area contributed by atoms with Crippen molar-refractivity contribution in [3.63, 3.8) is 0 Å². The molecular weight excluding hydrogens is 244 g/mol. The van der Waals surface area contributed by atoms with Crippen molar-refractivity contribution in [1.82, 2.24) is 0 Å². The average Bonchev–Trinajstić information content (AvgIpc) is 2.36. The van der Waals surface area contributed by atoms with Crippen LogP contribution in [0.1, 0.15) is 19.4 Å². The summed E-state index contributed by atoms with van der Waals surface area (Å²) in [6.45, 7) is 5.95. The minimum absolute atomic E-state index is 0.485. The van der Waals surface area contributed by atoms with Gasteiger partial charge in [0.05, 0.1) is 6.61 Å². The van der Waals surface area contributed by atoms with E-state index in [1.165, 1.54) is 6.08 Å². The molecular formula is C15H20O4. The number of hydrogen-bond donors (Lipinski definition) is 1. The molecule has 0 spiro atoms. The van der Waals surface area contributed by atoms with Crippen LogP contribution in [0.15, 0.2) is 30.3 Å². The van der Waals surface area contributed by atoms with E-state index in [2.05, 4.69) is 13.8 Å². The molecule has 0 aromatic heterocycles. The van der Waals surface area contributed by atoms with Crippen LogP contribution >= 0.6 is 0 Å². The van der Waals surface area contributed by atoms with E-state index in [1.807, 2.05) is 18.2 Å². The second-order valence-corrected chi connectivity index (χ2v) is 4.56. The largest absolute Gasteiger partial charge is 0.491 e. The molecule has 0 amide bonds. The van der Waals surface area contributed by atoms with Gasteiger partial charge in [0.25, 0.3) is 0 Å². The number of ether oxygens (including phenoxy) is 2. The van der Waals surface area contributed by atoms with Gasteiger partial charge in [-0.3, -0.25) is 0 Å². The molecule has 0 aliphatic heterocycles. The highest BCUT2D eigenvalue weighted by atomic mass is 16.5. The zero-order valence-electron chi connectivity index (χ0n) is 11.3. The average molecular weight is 264 g/mol. The van der Waals surface area contributed by atoms with Crippen molar-refractivity contribution < 1.29 is 19.4 Å². The first-order valence-electron chi connectivity index (χ1n) is 6.29. The van der Waals surface area contributed by atoms with E-state index >= 15 is 0 Å². The first-order chi connectivity index (χ1) is 9.08. The Labute approximate surface area is 113 Å². The van der Waals surface area contributed by atoms with E-state index in [9.17, 15) is 4.79 Å². The summed E-state index contributed by atoms with van der Waals surface area (Å²) >= 11 is 0. The molecule has 1 aromatic rings. The van der Waals surface area contributed by atoms with E-state index in [0.29, 0.717) is 24.9 Å². The Bertz CT molecular complexity index is 424. The van der Waals surface area contributed by atoms with Gasteiger partial charge in [-0.2, -0.15) is 0 Å². The molecule has 0 heterocycles. The summed E-state index contributed by atoms with van der Waals surface area (Å²) in [6, 6.07) is 7.27. The molecule has 4 heteroatoms. The Morgan fingerprint density at radius 2 is 2.16 bits per heavy atom. The minimum Gasteiger partial charge on any atom is -0.491 e. The molecule has 0 unspecified atom stereocenters. The molecule has 0 bridgehead atoms. The van der Waals surface area contributed by atoms with Gasteiger partial charge in [-0.15, -0.1) is 0 Å². The van der Waals surface area contributed by atoms with Gasteiger partial charge >= 0.3 is 5.97 Å². The van der Waals surface area contributed by atoms with Crippen molar-refractivity contribution in [3.8, 4) is 5.75 Å². The maximum absolute atomic E-state index is 10.4. The molecule has 19 heavy (non-hydrogen) atoms. The molecule has 1 N–H and O–H groups in total. The molecule has 1 aromatic carbocycles. The van der Waals surface area contributed by atoms with Crippen LogP contribution in [0.5, 0.6) is 5.75 Å². The number of benzene rings is 1. The van der Waals surface area contributed by atoms with Gasteiger partial charge in [-0.25, -0.2) is 4.79 Å². The maximum Gasteiger partial charge on any atom is 0.328 e. The highest BCUT2D eigenvalue weighted by Gasteiger charge is 1.97. The minimum atomic E-state index is -0.964. The zero-order chi connectivity index (χ0) is 14.1. The van der Waals surface area contributed by atoms with Gasteiger partial charge in [-0.05, 0) is 29.7 Å². The number of aliphatic carboxylic acids is 1. The molecule has 1 rings (SSSR count). The molecule has 0 saturated carbocycles. The van der Waals surface area contributed by atoms with E-state index in [-0.39, 0.29) is 0 Å². The van der Waals surface area contributed by atoms with Crippen LogP contribution in [0.3, 0.4) is 0 Å². The summed E-state index contributed by atoms with van der Waals surface area (Å²) in [6.07, 6.45) is 2.63. The Morgan fingerprint density at radius 1 is 1.37 bits per heavy atom. The third-order valence-electron chi connectivity index (χ3n) is 2.22. The van der Waals surface area contributed by atoms with Crippen LogP contribution in [-0.4, -0.2) is 30.9 Å².